The maximum absolute atomic E-state index is 13.8. The Balaban J connectivity index is 1.34. The van der Waals surface area contributed by atoms with Crippen molar-refractivity contribution in [2.75, 3.05) is 33.4 Å². The summed E-state index contributed by atoms with van der Waals surface area (Å²) in [6, 6.07) is 1.11. The van der Waals surface area contributed by atoms with Gasteiger partial charge in [-0.1, -0.05) is 0 Å². The van der Waals surface area contributed by atoms with Crippen LogP contribution < -0.4 is 10.6 Å². The number of hydrogen-bond acceptors (Lipinski definition) is 6. The smallest absolute Gasteiger partial charge is 0.379 e. The van der Waals surface area contributed by atoms with Crippen LogP contribution in [0.2, 0.25) is 0 Å². The summed E-state index contributed by atoms with van der Waals surface area (Å²) in [5, 5.41) is 6.45. The van der Waals surface area contributed by atoms with Crippen LogP contribution in [-0.2, 0) is 38.2 Å². The van der Waals surface area contributed by atoms with Crippen LogP contribution in [0.4, 0.5) is 13.2 Å². The number of fused-ring (bicyclic) bond motifs is 2. The average Bonchev–Trinajstić information content (AvgIpc) is 3.34. The van der Waals surface area contributed by atoms with E-state index in [9.17, 15) is 22.8 Å². The number of amides is 2. The quantitative estimate of drug-likeness (QED) is 0.629. The molecular formula is C23H29F3N4O4. The fraction of sp³-hybridized carbons (Fsp3) is 0.696. The number of carbonyl (C=O) groups excluding carboxylic acids is 2. The van der Waals surface area contributed by atoms with Gasteiger partial charge in [0.05, 0.1) is 18.3 Å². The van der Waals surface area contributed by atoms with Crippen LogP contribution in [0.15, 0.2) is 12.3 Å². The summed E-state index contributed by atoms with van der Waals surface area (Å²) in [6.45, 7) is 1.90. The van der Waals surface area contributed by atoms with Crippen LogP contribution in [0.5, 0.6) is 0 Å². The van der Waals surface area contributed by atoms with Gasteiger partial charge in [-0.25, -0.2) is 0 Å². The minimum Gasteiger partial charge on any atom is -0.379 e. The van der Waals surface area contributed by atoms with Crippen LogP contribution in [0.1, 0.15) is 36.1 Å². The van der Waals surface area contributed by atoms with Crippen molar-refractivity contribution in [2.24, 2.45) is 11.3 Å². The molecule has 1 aliphatic carbocycles. The van der Waals surface area contributed by atoms with E-state index in [0.29, 0.717) is 56.8 Å². The van der Waals surface area contributed by atoms with Crippen molar-refractivity contribution in [3.63, 3.8) is 0 Å². The summed E-state index contributed by atoms with van der Waals surface area (Å²) in [6.07, 6.45) is -1.58. The zero-order valence-electron chi connectivity index (χ0n) is 19.0. The number of halogens is 3. The number of nitrogens with one attached hydrogen (secondary N) is 2. The molecule has 5 unspecified atom stereocenters. The van der Waals surface area contributed by atoms with Gasteiger partial charge in [-0.3, -0.25) is 14.6 Å². The number of aromatic nitrogens is 1. The SMILES string of the molecule is COC1COCCC1NC1CC2CNC(=O)C2(C(=O)N2CCc3ncc(C(F)(F)F)cc3C2)C1. The Morgan fingerprint density at radius 3 is 3.00 bits per heavy atom. The standard InChI is InChI=1S/C23H29F3N4O4/c1-33-19-12-34-5-3-18(19)29-16-7-14-9-28-20(31)22(14,8-16)21(32)30-4-2-17-13(11-30)6-15(10-27-17)23(24,25)26/h6,10,14,16,18-19,29H,2-5,7-9,11-12H2,1H3,(H,28,31). The molecule has 186 valence electrons. The topological polar surface area (TPSA) is 92.8 Å². The molecule has 3 fully saturated rings. The van der Waals surface area contributed by atoms with Crippen molar-refractivity contribution >= 4 is 11.8 Å². The van der Waals surface area contributed by atoms with E-state index in [1.54, 1.807) is 7.11 Å². The maximum atomic E-state index is 13.8. The Labute approximate surface area is 195 Å². The predicted molar refractivity (Wildman–Crippen MR) is 113 cm³/mol. The van der Waals surface area contributed by atoms with Gasteiger partial charge >= 0.3 is 6.18 Å². The molecule has 1 saturated carbocycles. The molecule has 1 aromatic heterocycles. The number of rotatable bonds is 4. The summed E-state index contributed by atoms with van der Waals surface area (Å²) in [5.74, 6) is -0.739. The van der Waals surface area contributed by atoms with Gasteiger partial charge in [0.25, 0.3) is 0 Å². The first-order valence-electron chi connectivity index (χ1n) is 11.7. The third-order valence-corrected chi connectivity index (χ3v) is 7.84. The van der Waals surface area contributed by atoms with E-state index >= 15 is 0 Å². The Kier molecular flexibility index (Phi) is 6.06. The molecule has 2 N–H and O–H groups in total. The molecule has 0 radical (unpaired) electrons. The van der Waals surface area contributed by atoms with Gasteiger partial charge < -0.3 is 25.0 Å². The molecule has 4 heterocycles. The number of alkyl halides is 3. The van der Waals surface area contributed by atoms with Gasteiger partial charge in [-0.15, -0.1) is 0 Å². The lowest BCUT2D eigenvalue weighted by molar-refractivity contribution is -0.150. The van der Waals surface area contributed by atoms with Gasteiger partial charge in [-0.2, -0.15) is 13.2 Å². The van der Waals surface area contributed by atoms with Crippen LogP contribution in [0.25, 0.3) is 0 Å². The van der Waals surface area contributed by atoms with Crippen LogP contribution >= 0.6 is 0 Å². The Hall–Kier alpha value is -2.24. The highest BCUT2D eigenvalue weighted by molar-refractivity contribution is 6.07. The van der Waals surface area contributed by atoms with Gasteiger partial charge in [0.1, 0.15) is 5.41 Å². The first kappa shape index (κ1) is 23.5. The lowest BCUT2D eigenvalue weighted by atomic mass is 9.78. The largest absolute Gasteiger partial charge is 0.417 e. The van der Waals surface area contributed by atoms with E-state index in [4.69, 9.17) is 9.47 Å². The number of carbonyl (C=O) groups is 2. The van der Waals surface area contributed by atoms with Gasteiger partial charge in [-0.05, 0) is 30.9 Å². The van der Waals surface area contributed by atoms with Crippen molar-refractivity contribution in [1.29, 1.82) is 0 Å². The zero-order valence-corrected chi connectivity index (χ0v) is 19.0. The lowest BCUT2D eigenvalue weighted by Gasteiger charge is -2.36. The summed E-state index contributed by atoms with van der Waals surface area (Å²) in [7, 11) is 1.64. The number of hydrogen-bond donors (Lipinski definition) is 2. The van der Waals surface area contributed by atoms with Crippen molar-refractivity contribution in [3.05, 3.63) is 29.1 Å². The van der Waals surface area contributed by atoms with Crippen LogP contribution in [0.3, 0.4) is 0 Å². The molecule has 2 amide bonds. The van der Waals surface area contributed by atoms with Gasteiger partial charge in [0.15, 0.2) is 0 Å². The van der Waals surface area contributed by atoms with E-state index in [1.165, 1.54) is 4.90 Å². The minimum absolute atomic E-state index is 0.0244. The molecule has 1 aromatic rings. The van der Waals surface area contributed by atoms with E-state index < -0.39 is 17.2 Å². The van der Waals surface area contributed by atoms with Crippen LogP contribution in [0, 0.1) is 11.3 Å². The molecule has 3 aliphatic heterocycles. The fourth-order valence-corrected chi connectivity index (χ4v) is 6.05. The van der Waals surface area contributed by atoms with Crippen molar-refractivity contribution < 1.29 is 32.2 Å². The van der Waals surface area contributed by atoms with Crippen molar-refractivity contribution in [2.45, 2.75) is 56.6 Å². The highest BCUT2D eigenvalue weighted by Crippen LogP contribution is 2.49. The van der Waals surface area contributed by atoms with E-state index in [2.05, 4.69) is 15.6 Å². The first-order valence-corrected chi connectivity index (χ1v) is 11.7. The molecule has 8 nitrogen and oxygen atoms in total. The highest BCUT2D eigenvalue weighted by atomic mass is 19.4. The Morgan fingerprint density at radius 2 is 2.24 bits per heavy atom. The van der Waals surface area contributed by atoms with Gasteiger partial charge in [0, 0.05) is 69.7 Å². The number of methoxy groups -OCH3 is 1. The Bertz CT molecular complexity index is 974. The van der Waals surface area contributed by atoms with Crippen LogP contribution in [-0.4, -0.2) is 73.3 Å². The minimum atomic E-state index is -4.50. The molecule has 0 spiro atoms. The summed E-state index contributed by atoms with van der Waals surface area (Å²) >= 11 is 0. The normalized spacial score (nSPS) is 33.4. The fourth-order valence-electron chi connectivity index (χ4n) is 6.05. The third-order valence-electron chi connectivity index (χ3n) is 7.84. The number of ether oxygens (including phenoxy) is 2. The lowest BCUT2D eigenvalue weighted by Crippen LogP contribution is -2.53. The van der Waals surface area contributed by atoms with Crippen molar-refractivity contribution in [3.8, 4) is 0 Å². The second-order valence-electron chi connectivity index (χ2n) is 9.73. The first-order chi connectivity index (χ1) is 16.2. The summed E-state index contributed by atoms with van der Waals surface area (Å²) < 4.78 is 50.6. The summed E-state index contributed by atoms with van der Waals surface area (Å²) in [5.41, 5.74) is -1.07. The molecule has 5 atom stereocenters. The predicted octanol–water partition coefficient (Wildman–Crippen LogP) is 1.27. The molecule has 34 heavy (non-hydrogen) atoms. The molecule has 0 aromatic carbocycles. The third kappa shape index (κ3) is 3.97. The number of pyridine rings is 1. The maximum Gasteiger partial charge on any atom is 0.417 e. The molecule has 4 aliphatic rings. The molecule has 11 heteroatoms. The van der Waals surface area contributed by atoms with Crippen molar-refractivity contribution in [1.82, 2.24) is 20.5 Å². The van der Waals surface area contributed by atoms with E-state index in [-0.39, 0.29) is 42.5 Å². The molecule has 0 bridgehead atoms. The average molecular weight is 483 g/mol. The second kappa shape index (κ2) is 8.76. The Morgan fingerprint density at radius 1 is 1.41 bits per heavy atom. The van der Waals surface area contributed by atoms with E-state index in [1.807, 2.05) is 0 Å². The molecular weight excluding hydrogens is 453 g/mol. The van der Waals surface area contributed by atoms with Gasteiger partial charge in [0.2, 0.25) is 11.8 Å². The molecule has 2 saturated heterocycles. The highest BCUT2D eigenvalue weighted by Gasteiger charge is 2.62. The number of nitrogens with zero attached hydrogens (tertiary/aromatic N) is 2. The molecule has 5 rings (SSSR count). The zero-order chi connectivity index (χ0) is 24.1. The van der Waals surface area contributed by atoms with E-state index in [0.717, 1.165) is 18.7 Å². The second-order valence-corrected chi connectivity index (χ2v) is 9.73. The summed E-state index contributed by atoms with van der Waals surface area (Å²) in [4.78, 5) is 32.4. The monoisotopic (exact) mass is 482 g/mol.